The van der Waals surface area contributed by atoms with Crippen LogP contribution in [-0.2, 0) is 4.79 Å². The van der Waals surface area contributed by atoms with Crippen molar-refractivity contribution in [1.29, 1.82) is 0 Å². The van der Waals surface area contributed by atoms with Crippen molar-refractivity contribution in [3.8, 4) is 11.5 Å². The molecule has 0 radical (unpaired) electrons. The number of alkyl halides is 3. The van der Waals surface area contributed by atoms with Crippen molar-refractivity contribution in [2.45, 2.75) is 31.9 Å². The van der Waals surface area contributed by atoms with Gasteiger partial charge in [0, 0.05) is 12.1 Å². The molecule has 1 saturated carbocycles. The molecule has 6 nitrogen and oxygen atoms in total. The number of carbonyl (C=O) groups excluding carboxylic acids is 1. The monoisotopic (exact) mass is 339 g/mol. The number of aromatic amines is 1. The van der Waals surface area contributed by atoms with Gasteiger partial charge in [-0.15, -0.1) is 5.10 Å². The number of amides is 1. The van der Waals surface area contributed by atoms with E-state index in [9.17, 15) is 18.0 Å². The molecule has 0 unspecified atom stereocenters. The van der Waals surface area contributed by atoms with E-state index in [4.69, 9.17) is 0 Å². The summed E-state index contributed by atoms with van der Waals surface area (Å²) < 4.78 is 38.5. The van der Waals surface area contributed by atoms with Gasteiger partial charge < -0.3 is 0 Å². The van der Waals surface area contributed by atoms with Gasteiger partial charge in [0.2, 0.25) is 11.9 Å². The number of H-pyrrole nitrogens is 1. The number of rotatable bonds is 3. The first-order chi connectivity index (χ1) is 11.4. The van der Waals surface area contributed by atoms with Crippen LogP contribution < -0.4 is 5.32 Å². The summed E-state index contributed by atoms with van der Waals surface area (Å²) in [6.45, 7) is 0. The molecule has 1 amide bonds. The number of hydrogen-bond acceptors (Lipinski definition) is 4. The average molecular weight is 339 g/mol. The second-order valence-corrected chi connectivity index (χ2v) is 5.81. The lowest BCUT2D eigenvalue weighted by atomic mass is 9.80. The summed E-state index contributed by atoms with van der Waals surface area (Å²) in [5.41, 5.74) is 0.556. The van der Waals surface area contributed by atoms with Gasteiger partial charge in [0.1, 0.15) is 5.69 Å². The van der Waals surface area contributed by atoms with E-state index in [1.807, 2.05) is 0 Å². The highest BCUT2D eigenvalue weighted by Crippen LogP contribution is 2.40. The van der Waals surface area contributed by atoms with Gasteiger partial charge in [-0.1, -0.05) is 12.5 Å². The number of halogens is 3. The van der Waals surface area contributed by atoms with Crippen molar-refractivity contribution in [1.82, 2.24) is 20.2 Å². The number of anilines is 1. The molecular formula is C15H16F3N5O. The Kier molecular flexibility index (Phi) is 4.50. The van der Waals surface area contributed by atoms with Crippen LogP contribution >= 0.6 is 0 Å². The Morgan fingerprint density at radius 1 is 1.29 bits per heavy atom. The smallest absolute Gasteiger partial charge is 0.293 e. The fraction of sp³-hybridized carbons (Fsp3) is 0.467. The molecule has 0 bridgehead atoms. The number of hydrogen-bond donors (Lipinski definition) is 2. The Balaban J connectivity index is 1.64. The minimum absolute atomic E-state index is 0.0368. The van der Waals surface area contributed by atoms with Crippen molar-refractivity contribution in [2.75, 3.05) is 5.32 Å². The molecular weight excluding hydrogens is 323 g/mol. The standard InChI is InChI=1S/C15H16F3N5O/c16-15(17,18)10-5-3-4-9(8-10)13(24)21-14-20-12(22-23-14)11-6-1-2-7-19-11/h1-2,6-7,9-10H,3-5,8H2,(H2,20,21,22,23,24)/t9-,10-/m0/s1. The van der Waals surface area contributed by atoms with E-state index in [2.05, 4.69) is 25.5 Å². The minimum atomic E-state index is -4.25. The maximum absolute atomic E-state index is 12.8. The summed E-state index contributed by atoms with van der Waals surface area (Å²) >= 11 is 0. The molecule has 2 aromatic heterocycles. The number of carbonyl (C=O) groups is 1. The van der Waals surface area contributed by atoms with E-state index in [1.54, 1.807) is 24.4 Å². The Bertz CT molecular complexity index is 701. The van der Waals surface area contributed by atoms with E-state index in [0.717, 1.165) is 0 Å². The lowest BCUT2D eigenvalue weighted by molar-refractivity contribution is -0.185. The minimum Gasteiger partial charge on any atom is -0.293 e. The molecule has 128 valence electrons. The summed E-state index contributed by atoms with van der Waals surface area (Å²) in [5, 5.41) is 9.00. The van der Waals surface area contributed by atoms with Crippen LogP contribution in [0.25, 0.3) is 11.5 Å². The fourth-order valence-electron chi connectivity index (χ4n) is 2.87. The van der Waals surface area contributed by atoms with Crippen LogP contribution in [0.3, 0.4) is 0 Å². The third kappa shape index (κ3) is 3.72. The number of nitrogens with one attached hydrogen (secondary N) is 2. The van der Waals surface area contributed by atoms with Crippen LogP contribution in [0.15, 0.2) is 24.4 Å². The Labute approximate surface area is 135 Å². The number of nitrogens with zero attached hydrogens (tertiary/aromatic N) is 3. The normalized spacial score (nSPS) is 21.5. The van der Waals surface area contributed by atoms with Crippen LogP contribution in [0.2, 0.25) is 0 Å². The highest BCUT2D eigenvalue weighted by atomic mass is 19.4. The predicted octanol–water partition coefficient (Wildman–Crippen LogP) is 3.17. The predicted molar refractivity (Wildman–Crippen MR) is 79.7 cm³/mol. The molecule has 0 saturated heterocycles. The van der Waals surface area contributed by atoms with Crippen molar-refractivity contribution in [2.24, 2.45) is 11.8 Å². The van der Waals surface area contributed by atoms with Crippen molar-refractivity contribution in [3.63, 3.8) is 0 Å². The molecule has 0 spiro atoms. The van der Waals surface area contributed by atoms with E-state index in [-0.39, 0.29) is 18.8 Å². The lowest BCUT2D eigenvalue weighted by Crippen LogP contribution is -2.34. The zero-order valence-corrected chi connectivity index (χ0v) is 12.7. The third-order valence-corrected chi connectivity index (χ3v) is 4.14. The maximum atomic E-state index is 12.8. The van der Waals surface area contributed by atoms with Gasteiger partial charge in [-0.05, 0) is 31.4 Å². The van der Waals surface area contributed by atoms with Gasteiger partial charge in [0.25, 0.3) is 0 Å². The molecule has 0 aromatic carbocycles. The summed E-state index contributed by atoms with van der Waals surface area (Å²) in [6, 6.07) is 5.26. The fourth-order valence-corrected chi connectivity index (χ4v) is 2.87. The summed E-state index contributed by atoms with van der Waals surface area (Å²) in [5.74, 6) is -2.16. The van der Waals surface area contributed by atoms with E-state index < -0.39 is 23.9 Å². The molecule has 2 aromatic rings. The molecule has 3 rings (SSSR count). The molecule has 24 heavy (non-hydrogen) atoms. The molecule has 0 aliphatic heterocycles. The van der Waals surface area contributed by atoms with Crippen LogP contribution in [0.5, 0.6) is 0 Å². The van der Waals surface area contributed by atoms with Gasteiger partial charge in [-0.3, -0.25) is 20.2 Å². The Hall–Kier alpha value is -2.45. The zero-order chi connectivity index (χ0) is 17.2. The first-order valence-electron chi connectivity index (χ1n) is 7.65. The highest BCUT2D eigenvalue weighted by Gasteiger charge is 2.43. The second-order valence-electron chi connectivity index (χ2n) is 5.81. The summed E-state index contributed by atoms with van der Waals surface area (Å²) in [6.07, 6.45) is -1.94. The van der Waals surface area contributed by atoms with Gasteiger partial charge in [-0.25, -0.2) is 0 Å². The topological polar surface area (TPSA) is 83.6 Å². The van der Waals surface area contributed by atoms with Crippen molar-refractivity contribution in [3.05, 3.63) is 24.4 Å². The first kappa shape index (κ1) is 16.4. The highest BCUT2D eigenvalue weighted by molar-refractivity contribution is 5.91. The largest absolute Gasteiger partial charge is 0.391 e. The van der Waals surface area contributed by atoms with E-state index in [1.165, 1.54) is 0 Å². The zero-order valence-electron chi connectivity index (χ0n) is 12.7. The average Bonchev–Trinajstić information content (AvgIpc) is 3.03. The molecule has 1 fully saturated rings. The van der Waals surface area contributed by atoms with Crippen LogP contribution in [-0.4, -0.2) is 32.2 Å². The van der Waals surface area contributed by atoms with Gasteiger partial charge in [0.05, 0.1) is 5.92 Å². The number of aromatic nitrogens is 4. The van der Waals surface area contributed by atoms with Gasteiger partial charge in [0.15, 0.2) is 5.82 Å². The Morgan fingerprint density at radius 3 is 2.83 bits per heavy atom. The molecule has 1 aliphatic carbocycles. The molecule has 2 heterocycles. The van der Waals surface area contributed by atoms with Crippen LogP contribution in [0.4, 0.5) is 19.1 Å². The lowest BCUT2D eigenvalue weighted by Gasteiger charge is -2.29. The van der Waals surface area contributed by atoms with Crippen LogP contribution in [0, 0.1) is 11.8 Å². The van der Waals surface area contributed by atoms with Crippen molar-refractivity contribution < 1.29 is 18.0 Å². The summed E-state index contributed by atoms with van der Waals surface area (Å²) in [7, 11) is 0. The Morgan fingerprint density at radius 2 is 2.12 bits per heavy atom. The molecule has 9 heteroatoms. The maximum Gasteiger partial charge on any atom is 0.391 e. The van der Waals surface area contributed by atoms with Gasteiger partial charge in [-0.2, -0.15) is 18.2 Å². The van der Waals surface area contributed by atoms with Gasteiger partial charge >= 0.3 is 6.18 Å². The SMILES string of the molecule is O=C(Nc1n[nH]c(-c2ccccn2)n1)[C@H]1CCC[C@H](C(F)(F)F)C1. The van der Waals surface area contributed by atoms with E-state index >= 15 is 0 Å². The summed E-state index contributed by atoms with van der Waals surface area (Å²) in [4.78, 5) is 20.4. The van der Waals surface area contributed by atoms with E-state index in [0.29, 0.717) is 24.4 Å². The second kappa shape index (κ2) is 6.58. The molecule has 2 N–H and O–H groups in total. The quantitative estimate of drug-likeness (QED) is 0.900. The number of pyridine rings is 1. The molecule has 2 atom stereocenters. The third-order valence-electron chi connectivity index (χ3n) is 4.14. The molecule has 1 aliphatic rings. The van der Waals surface area contributed by atoms with Crippen molar-refractivity contribution >= 4 is 11.9 Å². The first-order valence-corrected chi connectivity index (χ1v) is 7.65. The van der Waals surface area contributed by atoms with Crippen LogP contribution in [0.1, 0.15) is 25.7 Å².